The zero-order valence-electron chi connectivity index (χ0n) is 9.75. The predicted octanol–water partition coefficient (Wildman–Crippen LogP) is 2.26. The molecular weight excluding hydrogens is 203 g/mol. The van der Waals surface area contributed by atoms with Gasteiger partial charge >= 0.3 is 0 Å². The standard InChI is InChI=1S/C13H19FN2/c1-16(8-6-11-5-7-15-10-11)13-4-2-3-12(14)9-13/h2-4,9,11,15H,5-8,10H2,1H3. The highest BCUT2D eigenvalue weighted by atomic mass is 19.1. The molecule has 1 aromatic carbocycles. The predicted molar refractivity (Wildman–Crippen MR) is 65.3 cm³/mol. The average molecular weight is 222 g/mol. The van der Waals surface area contributed by atoms with Crippen molar-refractivity contribution in [2.75, 3.05) is 31.6 Å². The van der Waals surface area contributed by atoms with Gasteiger partial charge < -0.3 is 10.2 Å². The highest BCUT2D eigenvalue weighted by molar-refractivity contribution is 5.45. The van der Waals surface area contributed by atoms with Gasteiger partial charge in [-0.05, 0) is 50.0 Å². The van der Waals surface area contributed by atoms with E-state index in [2.05, 4.69) is 10.2 Å². The first-order chi connectivity index (χ1) is 7.75. The summed E-state index contributed by atoms with van der Waals surface area (Å²) in [5.41, 5.74) is 0.964. The van der Waals surface area contributed by atoms with Crippen molar-refractivity contribution in [3.63, 3.8) is 0 Å². The van der Waals surface area contributed by atoms with Gasteiger partial charge in [-0.15, -0.1) is 0 Å². The molecule has 0 radical (unpaired) electrons. The maximum absolute atomic E-state index is 13.0. The molecule has 0 bridgehead atoms. The van der Waals surface area contributed by atoms with Gasteiger partial charge in [0.1, 0.15) is 5.82 Å². The SMILES string of the molecule is CN(CCC1CCNC1)c1cccc(F)c1. The smallest absolute Gasteiger partial charge is 0.125 e. The Morgan fingerprint density at radius 1 is 1.50 bits per heavy atom. The van der Waals surface area contributed by atoms with E-state index in [1.54, 1.807) is 12.1 Å². The van der Waals surface area contributed by atoms with E-state index in [1.165, 1.54) is 18.9 Å². The molecule has 0 saturated carbocycles. The van der Waals surface area contributed by atoms with Crippen molar-refractivity contribution >= 4 is 5.69 Å². The number of anilines is 1. The molecule has 16 heavy (non-hydrogen) atoms. The normalized spacial score (nSPS) is 20.0. The Bertz CT molecular complexity index is 334. The lowest BCUT2D eigenvalue weighted by atomic mass is 10.0. The van der Waals surface area contributed by atoms with Gasteiger partial charge in [0.25, 0.3) is 0 Å². The summed E-state index contributed by atoms with van der Waals surface area (Å²) in [6.45, 7) is 3.28. The first-order valence-electron chi connectivity index (χ1n) is 5.93. The van der Waals surface area contributed by atoms with Crippen LogP contribution in [0.15, 0.2) is 24.3 Å². The van der Waals surface area contributed by atoms with Crippen LogP contribution >= 0.6 is 0 Å². The molecule has 1 aliphatic rings. The molecule has 2 rings (SSSR count). The van der Waals surface area contributed by atoms with Crippen molar-refractivity contribution in [2.24, 2.45) is 5.92 Å². The van der Waals surface area contributed by atoms with Crippen LogP contribution < -0.4 is 10.2 Å². The number of nitrogens with one attached hydrogen (secondary N) is 1. The number of hydrogen-bond acceptors (Lipinski definition) is 2. The molecule has 2 nitrogen and oxygen atoms in total. The Hall–Kier alpha value is -1.09. The zero-order chi connectivity index (χ0) is 11.4. The van der Waals surface area contributed by atoms with Crippen LogP contribution in [-0.4, -0.2) is 26.7 Å². The third-order valence-corrected chi connectivity index (χ3v) is 3.28. The second-order valence-corrected chi connectivity index (χ2v) is 4.55. The van der Waals surface area contributed by atoms with Crippen LogP contribution in [0.4, 0.5) is 10.1 Å². The molecule has 3 heteroatoms. The van der Waals surface area contributed by atoms with E-state index in [4.69, 9.17) is 0 Å². The number of halogens is 1. The minimum absolute atomic E-state index is 0.160. The van der Waals surface area contributed by atoms with E-state index in [1.807, 2.05) is 13.1 Å². The van der Waals surface area contributed by atoms with Gasteiger partial charge in [-0.25, -0.2) is 4.39 Å². The summed E-state index contributed by atoms with van der Waals surface area (Å²) >= 11 is 0. The summed E-state index contributed by atoms with van der Waals surface area (Å²) in [6.07, 6.45) is 2.46. The molecule has 1 aliphatic heterocycles. The molecule has 1 heterocycles. The minimum Gasteiger partial charge on any atom is -0.375 e. The molecule has 0 spiro atoms. The van der Waals surface area contributed by atoms with Crippen LogP contribution in [0.1, 0.15) is 12.8 Å². The molecule has 1 unspecified atom stereocenters. The molecule has 1 fully saturated rings. The van der Waals surface area contributed by atoms with Crippen molar-refractivity contribution < 1.29 is 4.39 Å². The van der Waals surface area contributed by atoms with Crippen LogP contribution in [0.3, 0.4) is 0 Å². The second-order valence-electron chi connectivity index (χ2n) is 4.55. The summed E-state index contributed by atoms with van der Waals surface area (Å²) in [5.74, 6) is 0.628. The topological polar surface area (TPSA) is 15.3 Å². The fourth-order valence-corrected chi connectivity index (χ4v) is 2.18. The largest absolute Gasteiger partial charge is 0.375 e. The Morgan fingerprint density at radius 2 is 2.38 bits per heavy atom. The Morgan fingerprint density at radius 3 is 3.06 bits per heavy atom. The van der Waals surface area contributed by atoms with E-state index in [0.29, 0.717) is 0 Å². The molecule has 0 aliphatic carbocycles. The summed E-state index contributed by atoms with van der Waals surface area (Å²) in [5, 5.41) is 3.37. The van der Waals surface area contributed by atoms with Gasteiger partial charge in [-0.3, -0.25) is 0 Å². The van der Waals surface area contributed by atoms with Crippen LogP contribution in [0, 0.1) is 11.7 Å². The average Bonchev–Trinajstić information content (AvgIpc) is 2.78. The molecular formula is C13H19FN2. The molecule has 0 amide bonds. The highest BCUT2D eigenvalue weighted by Crippen LogP contribution is 2.17. The first kappa shape index (κ1) is 11.4. The molecule has 1 aromatic rings. The molecule has 88 valence electrons. The summed E-state index contributed by atoms with van der Waals surface area (Å²) < 4.78 is 13.0. The van der Waals surface area contributed by atoms with Gasteiger partial charge in [0, 0.05) is 19.3 Å². The van der Waals surface area contributed by atoms with Crippen LogP contribution in [-0.2, 0) is 0 Å². The number of nitrogens with zero attached hydrogens (tertiary/aromatic N) is 1. The number of rotatable bonds is 4. The van der Waals surface area contributed by atoms with Crippen molar-refractivity contribution in [1.29, 1.82) is 0 Å². The lowest BCUT2D eigenvalue weighted by Gasteiger charge is -2.21. The van der Waals surface area contributed by atoms with E-state index in [9.17, 15) is 4.39 Å². The summed E-state index contributed by atoms with van der Waals surface area (Å²) in [6, 6.07) is 6.79. The summed E-state index contributed by atoms with van der Waals surface area (Å²) in [7, 11) is 2.02. The molecule has 1 atom stereocenters. The van der Waals surface area contributed by atoms with Crippen molar-refractivity contribution in [3.8, 4) is 0 Å². The highest BCUT2D eigenvalue weighted by Gasteiger charge is 2.14. The van der Waals surface area contributed by atoms with Crippen LogP contribution in [0.5, 0.6) is 0 Å². The van der Waals surface area contributed by atoms with Gasteiger partial charge in [-0.2, -0.15) is 0 Å². The third kappa shape index (κ3) is 2.95. The lowest BCUT2D eigenvalue weighted by Crippen LogP contribution is -2.21. The molecule has 1 saturated heterocycles. The van der Waals surface area contributed by atoms with E-state index < -0.39 is 0 Å². The number of hydrogen-bond donors (Lipinski definition) is 1. The van der Waals surface area contributed by atoms with Crippen molar-refractivity contribution in [2.45, 2.75) is 12.8 Å². The van der Waals surface area contributed by atoms with Crippen LogP contribution in [0.25, 0.3) is 0 Å². The van der Waals surface area contributed by atoms with Gasteiger partial charge in [0.2, 0.25) is 0 Å². The Labute approximate surface area is 96.5 Å². The van der Waals surface area contributed by atoms with Gasteiger partial charge in [0.15, 0.2) is 0 Å². The monoisotopic (exact) mass is 222 g/mol. The number of benzene rings is 1. The molecule has 0 aromatic heterocycles. The first-order valence-corrected chi connectivity index (χ1v) is 5.93. The zero-order valence-corrected chi connectivity index (χ0v) is 9.75. The third-order valence-electron chi connectivity index (χ3n) is 3.28. The van der Waals surface area contributed by atoms with E-state index >= 15 is 0 Å². The fraction of sp³-hybridized carbons (Fsp3) is 0.538. The van der Waals surface area contributed by atoms with E-state index in [-0.39, 0.29) is 5.82 Å². The maximum Gasteiger partial charge on any atom is 0.125 e. The molecule has 1 N–H and O–H groups in total. The van der Waals surface area contributed by atoms with Gasteiger partial charge in [0.05, 0.1) is 0 Å². The minimum atomic E-state index is -0.160. The Balaban J connectivity index is 1.85. The summed E-state index contributed by atoms with van der Waals surface area (Å²) in [4.78, 5) is 2.13. The van der Waals surface area contributed by atoms with Crippen molar-refractivity contribution in [1.82, 2.24) is 5.32 Å². The van der Waals surface area contributed by atoms with Crippen LogP contribution in [0.2, 0.25) is 0 Å². The maximum atomic E-state index is 13.0. The fourth-order valence-electron chi connectivity index (χ4n) is 2.18. The second kappa shape index (κ2) is 5.30. The lowest BCUT2D eigenvalue weighted by molar-refractivity contribution is 0.533. The Kier molecular flexibility index (Phi) is 3.78. The van der Waals surface area contributed by atoms with Gasteiger partial charge in [-0.1, -0.05) is 6.07 Å². The van der Waals surface area contributed by atoms with Crippen molar-refractivity contribution in [3.05, 3.63) is 30.1 Å². The quantitative estimate of drug-likeness (QED) is 0.840. The van der Waals surface area contributed by atoms with E-state index in [0.717, 1.165) is 31.2 Å².